The van der Waals surface area contributed by atoms with Crippen LogP contribution in [0.2, 0.25) is 0 Å². The predicted molar refractivity (Wildman–Crippen MR) is 125 cm³/mol. The molecule has 6 nitrogen and oxygen atoms in total. The molecule has 3 aromatic carbocycles. The van der Waals surface area contributed by atoms with Crippen LogP contribution in [-0.2, 0) is 23.1 Å². The SMILES string of the molecule is COc1cccc2c1OCN(CCCc1ccccc1)C2.Cc1ccc(S(=O)(=O)O)cc1. The van der Waals surface area contributed by atoms with Crippen LogP contribution in [0, 0.1) is 6.92 Å². The van der Waals surface area contributed by atoms with Crippen molar-refractivity contribution in [2.75, 3.05) is 20.4 Å². The van der Waals surface area contributed by atoms with Crippen LogP contribution in [0.5, 0.6) is 11.5 Å². The molecular weight excluding hydrogens is 426 g/mol. The van der Waals surface area contributed by atoms with Gasteiger partial charge in [0.1, 0.15) is 6.73 Å². The second-order valence-corrected chi connectivity index (χ2v) is 9.07. The van der Waals surface area contributed by atoms with Gasteiger partial charge in [-0.2, -0.15) is 8.42 Å². The third-order valence-corrected chi connectivity index (χ3v) is 6.04. The first-order valence-electron chi connectivity index (χ1n) is 10.5. The van der Waals surface area contributed by atoms with Gasteiger partial charge in [-0.3, -0.25) is 9.45 Å². The minimum atomic E-state index is -4.02. The van der Waals surface area contributed by atoms with E-state index in [1.54, 1.807) is 19.2 Å². The summed E-state index contributed by atoms with van der Waals surface area (Å²) in [6.45, 7) is 4.46. The van der Waals surface area contributed by atoms with Crippen LogP contribution in [0.3, 0.4) is 0 Å². The topological polar surface area (TPSA) is 76.1 Å². The van der Waals surface area contributed by atoms with E-state index in [9.17, 15) is 8.42 Å². The van der Waals surface area contributed by atoms with Gasteiger partial charge < -0.3 is 9.47 Å². The summed E-state index contributed by atoms with van der Waals surface area (Å²) in [5.41, 5.74) is 3.57. The molecule has 3 aromatic rings. The highest BCUT2D eigenvalue weighted by molar-refractivity contribution is 7.85. The van der Waals surface area contributed by atoms with Crippen molar-refractivity contribution in [2.24, 2.45) is 0 Å². The van der Waals surface area contributed by atoms with Gasteiger partial charge in [-0.25, -0.2) is 0 Å². The largest absolute Gasteiger partial charge is 0.493 e. The van der Waals surface area contributed by atoms with Crippen molar-refractivity contribution in [1.82, 2.24) is 4.90 Å². The Bertz CT molecular complexity index is 1100. The average molecular weight is 456 g/mol. The zero-order valence-corrected chi connectivity index (χ0v) is 19.2. The second-order valence-electron chi connectivity index (χ2n) is 7.65. The van der Waals surface area contributed by atoms with Gasteiger partial charge in [0.2, 0.25) is 0 Å². The van der Waals surface area contributed by atoms with Gasteiger partial charge in [-0.05, 0) is 43.5 Å². The molecule has 170 valence electrons. The highest BCUT2D eigenvalue weighted by Crippen LogP contribution is 2.34. The van der Waals surface area contributed by atoms with Crippen molar-refractivity contribution in [1.29, 1.82) is 0 Å². The van der Waals surface area contributed by atoms with Gasteiger partial charge in [0, 0.05) is 18.7 Å². The molecule has 0 fully saturated rings. The minimum Gasteiger partial charge on any atom is -0.493 e. The molecule has 0 bridgehead atoms. The zero-order valence-electron chi connectivity index (χ0n) is 18.4. The lowest BCUT2D eigenvalue weighted by molar-refractivity contribution is 0.0909. The van der Waals surface area contributed by atoms with Crippen molar-refractivity contribution >= 4 is 10.1 Å². The third kappa shape index (κ3) is 6.82. The van der Waals surface area contributed by atoms with E-state index in [1.807, 2.05) is 19.1 Å². The fraction of sp³-hybridized carbons (Fsp3) is 0.280. The van der Waals surface area contributed by atoms with Crippen LogP contribution < -0.4 is 9.47 Å². The fourth-order valence-corrected chi connectivity index (χ4v) is 3.94. The number of rotatable bonds is 6. The molecule has 0 atom stereocenters. The lowest BCUT2D eigenvalue weighted by Crippen LogP contribution is -2.33. The van der Waals surface area contributed by atoms with Crippen LogP contribution in [0.25, 0.3) is 0 Å². The number of hydrogen-bond acceptors (Lipinski definition) is 5. The number of fused-ring (bicyclic) bond motifs is 1. The lowest BCUT2D eigenvalue weighted by atomic mass is 10.1. The second kappa shape index (κ2) is 11.1. The number of nitrogens with zero attached hydrogens (tertiary/aromatic N) is 1. The molecule has 0 aromatic heterocycles. The van der Waals surface area contributed by atoms with Gasteiger partial charge in [-0.15, -0.1) is 0 Å². The Kier molecular flexibility index (Phi) is 8.27. The molecule has 0 amide bonds. The van der Waals surface area contributed by atoms with E-state index < -0.39 is 10.1 Å². The zero-order chi connectivity index (χ0) is 23.0. The van der Waals surface area contributed by atoms with Crippen LogP contribution in [0.15, 0.2) is 77.7 Å². The van der Waals surface area contributed by atoms with Crippen LogP contribution in [0.1, 0.15) is 23.1 Å². The quantitative estimate of drug-likeness (QED) is 0.542. The fourth-order valence-electron chi connectivity index (χ4n) is 3.46. The maximum atomic E-state index is 10.5. The highest BCUT2D eigenvalue weighted by atomic mass is 32.2. The van der Waals surface area contributed by atoms with Crippen LogP contribution >= 0.6 is 0 Å². The summed E-state index contributed by atoms with van der Waals surface area (Å²) in [7, 11) is -2.33. The average Bonchev–Trinajstić information content (AvgIpc) is 2.79. The molecule has 1 aliphatic rings. The molecule has 0 aliphatic carbocycles. The molecule has 4 rings (SSSR count). The summed E-state index contributed by atoms with van der Waals surface area (Å²) in [5, 5.41) is 0. The minimum absolute atomic E-state index is 0.0666. The van der Waals surface area contributed by atoms with Gasteiger partial charge in [-0.1, -0.05) is 60.2 Å². The number of hydrogen-bond donors (Lipinski definition) is 1. The summed E-state index contributed by atoms with van der Waals surface area (Å²) in [6.07, 6.45) is 2.26. The molecule has 0 saturated carbocycles. The monoisotopic (exact) mass is 455 g/mol. The number of benzene rings is 3. The first-order chi connectivity index (χ1) is 15.4. The maximum absolute atomic E-state index is 10.5. The van der Waals surface area contributed by atoms with Crippen molar-refractivity contribution < 1.29 is 22.4 Å². The molecule has 0 radical (unpaired) electrons. The normalized spacial score (nSPS) is 13.3. The number of methoxy groups -OCH3 is 1. The molecular formula is C25H29NO5S. The lowest BCUT2D eigenvalue weighted by Gasteiger charge is -2.29. The molecule has 0 saturated heterocycles. The van der Waals surface area contributed by atoms with E-state index >= 15 is 0 Å². The van der Waals surface area contributed by atoms with E-state index in [-0.39, 0.29) is 4.90 Å². The Hall–Kier alpha value is -2.87. The molecule has 32 heavy (non-hydrogen) atoms. The van der Waals surface area contributed by atoms with Gasteiger partial charge in [0.25, 0.3) is 10.1 Å². The molecule has 1 heterocycles. The van der Waals surface area contributed by atoms with Gasteiger partial charge in [0.15, 0.2) is 11.5 Å². The Morgan fingerprint density at radius 2 is 1.72 bits per heavy atom. The summed E-state index contributed by atoms with van der Waals surface area (Å²) >= 11 is 0. The molecule has 1 N–H and O–H groups in total. The van der Waals surface area contributed by atoms with Gasteiger partial charge in [0.05, 0.1) is 12.0 Å². The van der Waals surface area contributed by atoms with E-state index in [0.717, 1.165) is 43.0 Å². The number of aryl methyl sites for hydroxylation is 2. The molecule has 1 aliphatic heterocycles. The number of ether oxygens (including phenoxy) is 2. The summed E-state index contributed by atoms with van der Waals surface area (Å²) < 4.78 is 40.8. The molecule has 7 heteroatoms. The standard InChI is InChI=1S/C18H21NO2.C7H8O3S/c1-20-17-11-5-10-16-13-19(14-21-18(16)17)12-6-9-15-7-3-2-4-8-15;1-6-2-4-7(5-3-6)11(8,9)10/h2-5,7-8,10-11H,6,9,12-14H2,1H3;2-5H,1H3,(H,8,9,10). The van der Waals surface area contributed by atoms with Crippen molar-refractivity contribution in [3.8, 4) is 11.5 Å². The maximum Gasteiger partial charge on any atom is 0.294 e. The highest BCUT2D eigenvalue weighted by Gasteiger charge is 2.19. The van der Waals surface area contributed by atoms with E-state index in [1.165, 1.54) is 23.3 Å². The summed E-state index contributed by atoms with van der Waals surface area (Å²) in [6, 6.07) is 22.7. The van der Waals surface area contributed by atoms with Gasteiger partial charge >= 0.3 is 0 Å². The Balaban J connectivity index is 0.000000222. The van der Waals surface area contributed by atoms with E-state index in [0.29, 0.717) is 6.73 Å². The number of para-hydroxylation sites is 1. The Morgan fingerprint density at radius 3 is 2.38 bits per heavy atom. The Labute approximate surface area is 190 Å². The molecule has 0 unspecified atom stereocenters. The Morgan fingerprint density at radius 1 is 1.00 bits per heavy atom. The van der Waals surface area contributed by atoms with Crippen molar-refractivity contribution in [3.05, 3.63) is 89.5 Å². The van der Waals surface area contributed by atoms with Crippen molar-refractivity contribution in [2.45, 2.75) is 31.2 Å². The summed E-state index contributed by atoms with van der Waals surface area (Å²) in [5.74, 6) is 1.73. The van der Waals surface area contributed by atoms with Crippen molar-refractivity contribution in [3.63, 3.8) is 0 Å². The van der Waals surface area contributed by atoms with Crippen LogP contribution in [0.4, 0.5) is 0 Å². The molecule has 0 spiro atoms. The van der Waals surface area contributed by atoms with E-state index in [4.69, 9.17) is 14.0 Å². The smallest absolute Gasteiger partial charge is 0.294 e. The third-order valence-electron chi connectivity index (χ3n) is 5.17. The van der Waals surface area contributed by atoms with Crippen LogP contribution in [-0.4, -0.2) is 38.3 Å². The summed E-state index contributed by atoms with van der Waals surface area (Å²) in [4.78, 5) is 2.27. The first-order valence-corrected chi connectivity index (χ1v) is 11.9. The van der Waals surface area contributed by atoms with E-state index in [2.05, 4.69) is 41.3 Å². The first kappa shape index (κ1) is 23.8. The predicted octanol–water partition coefficient (Wildman–Crippen LogP) is 4.72.